The van der Waals surface area contributed by atoms with Crippen molar-refractivity contribution in [3.05, 3.63) is 65.1 Å². The number of aliphatic hydroxyl groups excluding tert-OH is 2. The Labute approximate surface area is 235 Å². The van der Waals surface area contributed by atoms with Gasteiger partial charge in [0.25, 0.3) is 0 Å². The summed E-state index contributed by atoms with van der Waals surface area (Å²) in [5.41, 5.74) is 1.95. The van der Waals surface area contributed by atoms with E-state index in [0.717, 1.165) is 0 Å². The molecule has 1 amide bonds. The second-order valence-corrected chi connectivity index (χ2v) is 9.43. The number of rotatable bonds is 12. The number of fused-ring (bicyclic) bond motifs is 1. The number of benzene rings is 2. The predicted octanol–water partition coefficient (Wildman–Crippen LogP) is 3.59. The van der Waals surface area contributed by atoms with Crippen molar-refractivity contribution in [2.24, 2.45) is 0 Å². The van der Waals surface area contributed by atoms with Crippen LogP contribution in [0, 0.1) is 17.1 Å². The number of amides is 1. The third-order valence-electron chi connectivity index (χ3n) is 6.18. The van der Waals surface area contributed by atoms with Gasteiger partial charge in [0.15, 0.2) is 0 Å². The zero-order chi connectivity index (χ0) is 28.5. The van der Waals surface area contributed by atoms with Crippen LogP contribution in [0.5, 0.6) is 5.75 Å². The molecule has 0 spiro atoms. The van der Waals surface area contributed by atoms with Crippen LogP contribution in [0.4, 0.5) is 21.5 Å². The first-order chi connectivity index (χ1) is 19.4. The van der Waals surface area contributed by atoms with Gasteiger partial charge in [-0.15, -0.1) is 0 Å². The summed E-state index contributed by atoms with van der Waals surface area (Å²) in [7, 11) is 0. The molecule has 1 fully saturated rings. The molecule has 0 unspecified atom stereocenters. The highest BCUT2D eigenvalue weighted by atomic mass is 35.5. The van der Waals surface area contributed by atoms with Crippen LogP contribution in [0.2, 0.25) is 5.02 Å². The molecule has 1 aliphatic heterocycles. The lowest BCUT2D eigenvalue weighted by Crippen LogP contribution is -2.30. The normalized spacial score (nSPS) is 15.1. The van der Waals surface area contributed by atoms with Gasteiger partial charge in [-0.3, -0.25) is 14.7 Å². The Morgan fingerprint density at radius 3 is 2.77 bits per heavy atom. The molecule has 0 radical (unpaired) electrons. The Balaban J connectivity index is 1.68. The van der Waals surface area contributed by atoms with Gasteiger partial charge in [-0.1, -0.05) is 17.7 Å². The number of carbonyl (C=O) groups is 1. The van der Waals surface area contributed by atoms with E-state index in [0.29, 0.717) is 73.0 Å². The maximum Gasteiger partial charge on any atom is 0.248 e. The molecule has 2 heterocycles. The van der Waals surface area contributed by atoms with Crippen LogP contribution in [0.1, 0.15) is 12.0 Å². The highest BCUT2D eigenvalue weighted by Crippen LogP contribution is 2.37. The standard InChI is InChI=1S/C28H29ClFN5O5/c29-22-12-19(3-4-23(22)30)33-28-18(15-31)16-32-24-14-26(40-20-5-11-39-17-20)25(13-21(24)28)34-27(38)2-1-6-35(7-9-36)8-10-37/h1-4,12-14,16,20,36-37H,5-11,17H2,(H,32,33)(H,34,38)/t20-/m0/s1. The van der Waals surface area contributed by atoms with Gasteiger partial charge in [0.2, 0.25) is 5.91 Å². The first kappa shape index (κ1) is 29.2. The fourth-order valence-corrected chi connectivity index (χ4v) is 4.38. The summed E-state index contributed by atoms with van der Waals surface area (Å²) in [4.78, 5) is 19.1. The minimum atomic E-state index is -0.570. The van der Waals surface area contributed by atoms with Gasteiger partial charge in [-0.05, 0) is 24.3 Å². The van der Waals surface area contributed by atoms with Gasteiger partial charge < -0.3 is 30.3 Å². The number of nitriles is 1. The van der Waals surface area contributed by atoms with Crippen molar-refractivity contribution in [3.63, 3.8) is 0 Å². The van der Waals surface area contributed by atoms with Gasteiger partial charge in [0.05, 0.1) is 53.9 Å². The number of aromatic nitrogens is 1. The fourth-order valence-electron chi connectivity index (χ4n) is 4.20. The molecule has 10 nitrogen and oxygen atoms in total. The third kappa shape index (κ3) is 7.44. The second kappa shape index (κ2) is 14.0. The van der Waals surface area contributed by atoms with E-state index in [1.165, 1.54) is 30.5 Å². The first-order valence-electron chi connectivity index (χ1n) is 12.7. The van der Waals surface area contributed by atoms with Crippen LogP contribution >= 0.6 is 11.6 Å². The predicted molar refractivity (Wildman–Crippen MR) is 149 cm³/mol. The van der Waals surface area contributed by atoms with Crippen LogP contribution in [-0.4, -0.2) is 78.2 Å². The van der Waals surface area contributed by atoms with Crippen LogP contribution < -0.4 is 15.4 Å². The average molecular weight is 570 g/mol. The SMILES string of the molecule is N#Cc1cnc2cc(O[C@H]3CCOC3)c(NC(=O)C=CCN(CCO)CCO)cc2c1Nc1ccc(F)c(Cl)c1. The number of nitrogens with zero attached hydrogens (tertiary/aromatic N) is 3. The zero-order valence-corrected chi connectivity index (χ0v) is 22.3. The van der Waals surface area contributed by atoms with E-state index in [1.807, 2.05) is 0 Å². The van der Waals surface area contributed by atoms with Crippen LogP contribution in [-0.2, 0) is 9.53 Å². The van der Waals surface area contributed by atoms with E-state index in [-0.39, 0.29) is 29.9 Å². The summed E-state index contributed by atoms with van der Waals surface area (Å²) in [6.07, 6.45) is 4.90. The van der Waals surface area contributed by atoms with Crippen molar-refractivity contribution in [3.8, 4) is 11.8 Å². The minimum absolute atomic E-state index is 0.0675. The van der Waals surface area contributed by atoms with Crippen molar-refractivity contribution in [1.82, 2.24) is 9.88 Å². The summed E-state index contributed by atoms with van der Waals surface area (Å²) in [6, 6.07) is 9.58. The second-order valence-electron chi connectivity index (χ2n) is 9.02. The van der Waals surface area contributed by atoms with E-state index in [9.17, 15) is 24.7 Å². The van der Waals surface area contributed by atoms with Crippen molar-refractivity contribution in [2.75, 3.05) is 56.7 Å². The fraction of sp³-hybridized carbons (Fsp3) is 0.321. The number of pyridine rings is 1. The monoisotopic (exact) mass is 569 g/mol. The Bertz CT molecular complexity index is 1420. The molecule has 12 heteroatoms. The number of anilines is 3. The average Bonchev–Trinajstić information content (AvgIpc) is 3.45. The number of ether oxygens (including phenoxy) is 2. The maximum atomic E-state index is 13.7. The summed E-state index contributed by atoms with van der Waals surface area (Å²) >= 11 is 5.95. The van der Waals surface area contributed by atoms with Crippen LogP contribution in [0.3, 0.4) is 0 Å². The van der Waals surface area contributed by atoms with Crippen molar-refractivity contribution >= 4 is 45.5 Å². The number of carbonyl (C=O) groups excluding carboxylic acids is 1. The number of halogens is 2. The highest BCUT2D eigenvalue weighted by Gasteiger charge is 2.21. The summed E-state index contributed by atoms with van der Waals surface area (Å²) in [5.74, 6) is -0.608. The molecule has 1 aromatic heterocycles. The molecule has 1 aliphatic rings. The highest BCUT2D eigenvalue weighted by molar-refractivity contribution is 6.31. The quantitative estimate of drug-likeness (QED) is 0.241. The molecule has 0 saturated carbocycles. The smallest absolute Gasteiger partial charge is 0.248 e. The van der Waals surface area contributed by atoms with E-state index in [2.05, 4.69) is 21.7 Å². The molecular weight excluding hydrogens is 541 g/mol. The number of aliphatic hydroxyl groups is 2. The minimum Gasteiger partial charge on any atom is -0.486 e. The molecular formula is C28H29ClFN5O5. The molecule has 1 atom stereocenters. The Morgan fingerprint density at radius 2 is 2.10 bits per heavy atom. The molecule has 4 rings (SSSR count). The lowest BCUT2D eigenvalue weighted by Gasteiger charge is -2.19. The van der Waals surface area contributed by atoms with Gasteiger partial charge in [-0.2, -0.15) is 5.26 Å². The van der Waals surface area contributed by atoms with Gasteiger partial charge >= 0.3 is 0 Å². The van der Waals surface area contributed by atoms with Crippen LogP contribution in [0.25, 0.3) is 10.9 Å². The first-order valence-corrected chi connectivity index (χ1v) is 13.0. The molecule has 0 bridgehead atoms. The Morgan fingerprint density at radius 1 is 1.30 bits per heavy atom. The summed E-state index contributed by atoms with van der Waals surface area (Å²) < 4.78 is 25.3. The number of hydrogen-bond acceptors (Lipinski definition) is 9. The number of nitrogens with one attached hydrogen (secondary N) is 2. The Kier molecular flexibility index (Phi) is 10.2. The molecule has 3 aromatic rings. The maximum absolute atomic E-state index is 13.7. The van der Waals surface area contributed by atoms with Gasteiger partial charge in [-0.25, -0.2) is 4.39 Å². The molecule has 4 N–H and O–H groups in total. The van der Waals surface area contributed by atoms with E-state index < -0.39 is 11.7 Å². The molecule has 40 heavy (non-hydrogen) atoms. The molecule has 210 valence electrons. The van der Waals surface area contributed by atoms with Crippen molar-refractivity contribution in [1.29, 1.82) is 5.26 Å². The Hall–Kier alpha value is -3.79. The molecule has 2 aromatic carbocycles. The molecule has 0 aliphatic carbocycles. The van der Waals surface area contributed by atoms with Crippen LogP contribution in [0.15, 0.2) is 48.7 Å². The van der Waals surface area contributed by atoms with Crippen molar-refractivity contribution in [2.45, 2.75) is 12.5 Å². The lowest BCUT2D eigenvalue weighted by molar-refractivity contribution is -0.111. The molecule has 1 saturated heterocycles. The zero-order valence-electron chi connectivity index (χ0n) is 21.6. The van der Waals surface area contributed by atoms with Gasteiger partial charge in [0.1, 0.15) is 23.7 Å². The van der Waals surface area contributed by atoms with E-state index in [1.54, 1.807) is 23.1 Å². The number of hydrogen-bond donors (Lipinski definition) is 4. The van der Waals surface area contributed by atoms with E-state index in [4.69, 9.17) is 21.1 Å². The van der Waals surface area contributed by atoms with Crippen molar-refractivity contribution < 1.29 is 28.9 Å². The third-order valence-corrected chi connectivity index (χ3v) is 6.47. The lowest BCUT2D eigenvalue weighted by atomic mass is 10.1. The topological polar surface area (TPSA) is 140 Å². The summed E-state index contributed by atoms with van der Waals surface area (Å²) in [6.45, 7) is 1.93. The summed E-state index contributed by atoms with van der Waals surface area (Å²) in [5, 5.41) is 34.5. The largest absolute Gasteiger partial charge is 0.486 e. The van der Waals surface area contributed by atoms with E-state index >= 15 is 0 Å². The van der Waals surface area contributed by atoms with Gasteiger partial charge in [0, 0.05) is 55.5 Å².